The zero-order chi connectivity index (χ0) is 10.9. The lowest BCUT2D eigenvalue weighted by molar-refractivity contribution is 0.282. The SMILES string of the molecule is Nc1c(CO)ccc(S(=O)(=O)O)c1O. The molecule has 7 heteroatoms. The second-order valence-corrected chi connectivity index (χ2v) is 4.01. The van der Waals surface area contributed by atoms with E-state index in [0.29, 0.717) is 0 Å². The summed E-state index contributed by atoms with van der Waals surface area (Å²) >= 11 is 0. The topological polar surface area (TPSA) is 121 Å². The van der Waals surface area contributed by atoms with Crippen LogP contribution in [0.4, 0.5) is 5.69 Å². The second kappa shape index (κ2) is 3.45. The Morgan fingerprint density at radius 1 is 1.36 bits per heavy atom. The second-order valence-electron chi connectivity index (χ2n) is 2.62. The molecule has 1 rings (SSSR count). The van der Waals surface area contributed by atoms with Gasteiger partial charge in [0.05, 0.1) is 12.3 Å². The number of phenols is 1. The van der Waals surface area contributed by atoms with Crippen LogP contribution >= 0.6 is 0 Å². The van der Waals surface area contributed by atoms with E-state index in [1.165, 1.54) is 6.07 Å². The van der Waals surface area contributed by atoms with E-state index >= 15 is 0 Å². The van der Waals surface area contributed by atoms with Gasteiger partial charge in [-0.05, 0) is 6.07 Å². The summed E-state index contributed by atoms with van der Waals surface area (Å²) in [6.45, 7) is -0.425. The maximum absolute atomic E-state index is 10.7. The van der Waals surface area contributed by atoms with Crippen LogP contribution in [0.5, 0.6) is 5.75 Å². The Morgan fingerprint density at radius 3 is 2.36 bits per heavy atom. The molecule has 0 aliphatic heterocycles. The fourth-order valence-corrected chi connectivity index (χ4v) is 1.57. The van der Waals surface area contributed by atoms with E-state index in [0.717, 1.165) is 6.07 Å². The Morgan fingerprint density at radius 2 is 1.93 bits per heavy atom. The number of rotatable bonds is 2. The molecule has 0 aliphatic rings. The largest absolute Gasteiger partial charge is 0.504 e. The lowest BCUT2D eigenvalue weighted by atomic mass is 10.2. The molecule has 0 unspecified atom stereocenters. The first-order chi connectivity index (χ1) is 6.38. The number of phenolic OH excluding ortho intramolecular Hbond substituents is 1. The predicted octanol–water partition coefficient (Wildman–Crippen LogP) is -0.287. The summed E-state index contributed by atoms with van der Waals surface area (Å²) in [6, 6.07) is 2.17. The molecule has 0 atom stereocenters. The van der Waals surface area contributed by atoms with E-state index in [1.807, 2.05) is 0 Å². The molecule has 0 radical (unpaired) electrons. The highest BCUT2D eigenvalue weighted by atomic mass is 32.2. The highest BCUT2D eigenvalue weighted by Gasteiger charge is 2.18. The van der Waals surface area contributed by atoms with Gasteiger partial charge < -0.3 is 15.9 Å². The van der Waals surface area contributed by atoms with E-state index in [9.17, 15) is 13.5 Å². The van der Waals surface area contributed by atoms with Crippen LogP contribution in [-0.4, -0.2) is 23.2 Å². The fraction of sp³-hybridized carbons (Fsp3) is 0.143. The van der Waals surface area contributed by atoms with Gasteiger partial charge in [0.25, 0.3) is 10.1 Å². The Bertz CT molecular complexity index is 453. The van der Waals surface area contributed by atoms with Gasteiger partial charge in [-0.3, -0.25) is 4.55 Å². The minimum atomic E-state index is -4.49. The van der Waals surface area contributed by atoms with Crippen LogP contribution in [0.15, 0.2) is 17.0 Å². The average molecular weight is 219 g/mol. The third-order valence-electron chi connectivity index (χ3n) is 1.72. The monoisotopic (exact) mass is 219 g/mol. The molecular weight excluding hydrogens is 210 g/mol. The number of nitrogens with two attached hydrogens (primary N) is 1. The van der Waals surface area contributed by atoms with Crippen molar-refractivity contribution in [3.63, 3.8) is 0 Å². The normalized spacial score (nSPS) is 11.6. The molecule has 0 aromatic heterocycles. The molecule has 0 saturated carbocycles. The molecule has 78 valence electrons. The maximum atomic E-state index is 10.7. The zero-order valence-corrected chi connectivity index (χ0v) is 7.82. The summed E-state index contributed by atoms with van der Waals surface area (Å²) in [4.78, 5) is -0.674. The quantitative estimate of drug-likeness (QED) is 0.308. The molecule has 0 spiro atoms. The van der Waals surface area contributed by atoms with Gasteiger partial charge in [-0.25, -0.2) is 0 Å². The van der Waals surface area contributed by atoms with E-state index in [1.54, 1.807) is 0 Å². The molecule has 0 aliphatic carbocycles. The molecule has 0 fully saturated rings. The number of aliphatic hydroxyl groups excluding tert-OH is 1. The Hall–Kier alpha value is -1.31. The van der Waals surface area contributed by atoms with Gasteiger partial charge in [-0.1, -0.05) is 6.07 Å². The van der Waals surface area contributed by atoms with Gasteiger partial charge in [-0.15, -0.1) is 0 Å². The first-order valence-corrected chi connectivity index (χ1v) is 5.00. The van der Waals surface area contributed by atoms with E-state index < -0.39 is 27.4 Å². The van der Waals surface area contributed by atoms with Crippen molar-refractivity contribution in [2.75, 3.05) is 5.73 Å². The first kappa shape index (κ1) is 10.8. The molecule has 14 heavy (non-hydrogen) atoms. The average Bonchev–Trinajstić information content (AvgIpc) is 2.07. The van der Waals surface area contributed by atoms with Crippen molar-refractivity contribution in [3.05, 3.63) is 17.7 Å². The Balaban J connectivity index is 3.47. The molecule has 0 heterocycles. The maximum Gasteiger partial charge on any atom is 0.298 e. The lowest BCUT2D eigenvalue weighted by Gasteiger charge is -2.07. The van der Waals surface area contributed by atoms with Crippen LogP contribution < -0.4 is 5.73 Å². The summed E-state index contributed by atoms with van der Waals surface area (Å²) < 4.78 is 30.0. The van der Waals surface area contributed by atoms with Crippen molar-refractivity contribution < 1.29 is 23.2 Å². The molecule has 1 aromatic rings. The fourth-order valence-electron chi connectivity index (χ4n) is 0.976. The van der Waals surface area contributed by atoms with Crippen molar-refractivity contribution in [1.29, 1.82) is 0 Å². The van der Waals surface area contributed by atoms with Crippen LogP contribution in [0.2, 0.25) is 0 Å². The van der Waals surface area contributed by atoms with E-state index in [4.69, 9.17) is 15.4 Å². The van der Waals surface area contributed by atoms with Crippen molar-refractivity contribution in [2.24, 2.45) is 0 Å². The highest BCUT2D eigenvalue weighted by Crippen LogP contribution is 2.31. The molecule has 1 aromatic carbocycles. The summed E-state index contributed by atoms with van der Waals surface area (Å²) in [5, 5.41) is 18.0. The first-order valence-electron chi connectivity index (χ1n) is 3.56. The number of aromatic hydroxyl groups is 1. The highest BCUT2D eigenvalue weighted by molar-refractivity contribution is 7.86. The molecule has 0 bridgehead atoms. The molecular formula is C7H9NO5S. The molecule has 5 N–H and O–H groups in total. The van der Waals surface area contributed by atoms with Crippen LogP contribution in [0, 0.1) is 0 Å². The smallest absolute Gasteiger partial charge is 0.298 e. The lowest BCUT2D eigenvalue weighted by Crippen LogP contribution is -2.03. The third kappa shape index (κ3) is 1.79. The van der Waals surface area contributed by atoms with Crippen LogP contribution in [0.1, 0.15) is 5.56 Å². The van der Waals surface area contributed by atoms with Crippen LogP contribution in [0.25, 0.3) is 0 Å². The summed E-state index contributed by atoms with van der Waals surface area (Å²) in [6.07, 6.45) is 0. The van der Waals surface area contributed by atoms with Crippen molar-refractivity contribution >= 4 is 15.8 Å². The van der Waals surface area contributed by atoms with Gasteiger partial charge in [0.1, 0.15) is 4.90 Å². The van der Waals surface area contributed by atoms with E-state index in [-0.39, 0.29) is 11.3 Å². The minimum absolute atomic E-state index is 0.190. The molecule has 0 saturated heterocycles. The van der Waals surface area contributed by atoms with Gasteiger partial charge in [-0.2, -0.15) is 8.42 Å². The van der Waals surface area contributed by atoms with Crippen molar-refractivity contribution in [3.8, 4) is 5.75 Å². The van der Waals surface area contributed by atoms with Gasteiger partial charge >= 0.3 is 0 Å². The number of benzene rings is 1. The Labute approximate surface area is 80.4 Å². The summed E-state index contributed by atoms with van der Waals surface area (Å²) in [5.74, 6) is -0.751. The Kier molecular flexibility index (Phi) is 2.65. The zero-order valence-electron chi connectivity index (χ0n) is 7.01. The van der Waals surface area contributed by atoms with Gasteiger partial charge in [0.15, 0.2) is 5.75 Å². The summed E-state index contributed by atoms with van der Waals surface area (Å²) in [5.41, 5.74) is 5.23. The summed E-state index contributed by atoms with van der Waals surface area (Å²) in [7, 11) is -4.49. The molecule has 0 amide bonds. The standard InChI is InChI=1S/C7H9NO5S/c8-6-4(3-9)1-2-5(7(6)10)14(11,12)13/h1-2,9-10H,3,8H2,(H,11,12,13). The predicted molar refractivity (Wildman–Crippen MR) is 48.3 cm³/mol. The number of nitrogen functional groups attached to an aromatic ring is 1. The number of hydrogen-bond acceptors (Lipinski definition) is 5. The van der Waals surface area contributed by atoms with Crippen molar-refractivity contribution in [2.45, 2.75) is 11.5 Å². The van der Waals surface area contributed by atoms with Crippen LogP contribution in [0.3, 0.4) is 0 Å². The molecule has 6 nitrogen and oxygen atoms in total. The minimum Gasteiger partial charge on any atom is -0.504 e. The number of hydrogen-bond donors (Lipinski definition) is 4. The van der Waals surface area contributed by atoms with Crippen molar-refractivity contribution in [1.82, 2.24) is 0 Å². The number of anilines is 1. The van der Waals surface area contributed by atoms with Gasteiger partial charge in [0, 0.05) is 5.56 Å². The van der Waals surface area contributed by atoms with Gasteiger partial charge in [0.2, 0.25) is 0 Å². The van der Waals surface area contributed by atoms with Crippen LogP contribution in [-0.2, 0) is 16.7 Å². The van der Waals surface area contributed by atoms with E-state index in [2.05, 4.69) is 0 Å². The third-order valence-corrected chi connectivity index (χ3v) is 2.60. The number of aliphatic hydroxyl groups is 1.